The van der Waals surface area contributed by atoms with Gasteiger partial charge in [-0.25, -0.2) is 0 Å². The van der Waals surface area contributed by atoms with Crippen LogP contribution in [0, 0.1) is 6.92 Å². The summed E-state index contributed by atoms with van der Waals surface area (Å²) in [6, 6.07) is 15.0. The van der Waals surface area contributed by atoms with Crippen LogP contribution >= 0.6 is 0 Å². The molecule has 0 N–H and O–H groups in total. The third-order valence-corrected chi connectivity index (χ3v) is 4.85. The molecule has 0 bridgehead atoms. The van der Waals surface area contributed by atoms with Crippen molar-refractivity contribution in [3.05, 3.63) is 48.0 Å². The second kappa shape index (κ2) is 5.40. The van der Waals surface area contributed by atoms with E-state index < -0.39 is 8.80 Å². The second-order valence-corrected chi connectivity index (χ2v) is 7.89. The standard InChI is InChI=1S/C16H20OSi/c1-12-10-14(13-8-6-5-7-9-13)16(17-2)15(11-12)18(3)4/h5-11,18H,1-4H3. The first-order chi connectivity index (χ1) is 8.63. The van der Waals surface area contributed by atoms with E-state index in [4.69, 9.17) is 4.74 Å². The Balaban J connectivity index is 2.67. The first-order valence-corrected chi connectivity index (χ1v) is 9.26. The van der Waals surface area contributed by atoms with Crippen LogP contribution in [0.15, 0.2) is 42.5 Å². The predicted molar refractivity (Wildman–Crippen MR) is 81.7 cm³/mol. The predicted octanol–water partition coefficient (Wildman–Crippen LogP) is 3.36. The van der Waals surface area contributed by atoms with Crippen molar-refractivity contribution >= 4 is 14.0 Å². The molecule has 0 saturated carbocycles. The number of ether oxygens (including phenoxy) is 1. The van der Waals surface area contributed by atoms with Gasteiger partial charge in [0.25, 0.3) is 0 Å². The third kappa shape index (κ3) is 2.49. The van der Waals surface area contributed by atoms with Gasteiger partial charge >= 0.3 is 0 Å². The average Bonchev–Trinajstić information content (AvgIpc) is 2.38. The molecule has 0 fully saturated rings. The smallest absolute Gasteiger partial charge is 0.125 e. The monoisotopic (exact) mass is 256 g/mol. The van der Waals surface area contributed by atoms with Crippen molar-refractivity contribution in [2.24, 2.45) is 0 Å². The van der Waals surface area contributed by atoms with Gasteiger partial charge in [-0.1, -0.05) is 55.1 Å². The van der Waals surface area contributed by atoms with E-state index in [1.165, 1.54) is 21.9 Å². The highest BCUT2D eigenvalue weighted by Gasteiger charge is 2.14. The molecule has 2 heteroatoms. The summed E-state index contributed by atoms with van der Waals surface area (Å²) in [4.78, 5) is 0. The van der Waals surface area contributed by atoms with Gasteiger partial charge in [0.2, 0.25) is 0 Å². The van der Waals surface area contributed by atoms with Crippen LogP contribution in [0.3, 0.4) is 0 Å². The molecule has 0 amide bonds. The number of hydrogen-bond donors (Lipinski definition) is 0. The lowest BCUT2D eigenvalue weighted by Gasteiger charge is -2.17. The van der Waals surface area contributed by atoms with E-state index in [9.17, 15) is 0 Å². The lowest BCUT2D eigenvalue weighted by atomic mass is 10.0. The summed E-state index contributed by atoms with van der Waals surface area (Å²) >= 11 is 0. The maximum atomic E-state index is 5.68. The van der Waals surface area contributed by atoms with Crippen LogP contribution in [0.4, 0.5) is 0 Å². The van der Waals surface area contributed by atoms with Crippen LogP contribution in [0.2, 0.25) is 13.1 Å². The van der Waals surface area contributed by atoms with Gasteiger partial charge < -0.3 is 4.74 Å². The first kappa shape index (κ1) is 12.9. The molecule has 0 aliphatic rings. The number of benzene rings is 2. The molecule has 0 spiro atoms. The molecule has 0 aliphatic heterocycles. The van der Waals surface area contributed by atoms with E-state index in [1.807, 2.05) is 6.07 Å². The number of hydrogen-bond acceptors (Lipinski definition) is 1. The molecule has 0 heterocycles. The Morgan fingerprint density at radius 1 is 1.00 bits per heavy atom. The zero-order valence-electron chi connectivity index (χ0n) is 11.5. The van der Waals surface area contributed by atoms with Gasteiger partial charge in [0.1, 0.15) is 5.75 Å². The van der Waals surface area contributed by atoms with Crippen molar-refractivity contribution in [2.75, 3.05) is 7.11 Å². The Labute approximate surface area is 111 Å². The SMILES string of the molecule is COc1c(-c2ccccc2)cc(C)cc1[SiH](C)C. The first-order valence-electron chi connectivity index (χ1n) is 6.37. The number of rotatable bonds is 3. The van der Waals surface area contributed by atoms with E-state index in [-0.39, 0.29) is 0 Å². The van der Waals surface area contributed by atoms with E-state index in [1.54, 1.807) is 7.11 Å². The molecule has 94 valence electrons. The Morgan fingerprint density at radius 3 is 2.22 bits per heavy atom. The molecule has 0 aliphatic carbocycles. The van der Waals surface area contributed by atoms with Crippen molar-refractivity contribution in [3.8, 4) is 16.9 Å². The minimum Gasteiger partial charge on any atom is -0.496 e. The van der Waals surface area contributed by atoms with E-state index in [0.717, 1.165) is 5.75 Å². The lowest BCUT2D eigenvalue weighted by molar-refractivity contribution is 0.419. The van der Waals surface area contributed by atoms with Gasteiger partial charge in [-0.2, -0.15) is 0 Å². The van der Waals surface area contributed by atoms with Crippen LogP contribution in [0.5, 0.6) is 5.75 Å². The Hall–Kier alpha value is -1.54. The Kier molecular flexibility index (Phi) is 3.87. The second-order valence-electron chi connectivity index (χ2n) is 4.96. The van der Waals surface area contributed by atoms with Crippen molar-refractivity contribution in [3.63, 3.8) is 0 Å². The van der Waals surface area contributed by atoms with Gasteiger partial charge in [-0.05, 0) is 23.7 Å². The van der Waals surface area contributed by atoms with E-state index >= 15 is 0 Å². The summed E-state index contributed by atoms with van der Waals surface area (Å²) in [5.41, 5.74) is 3.76. The molecule has 0 aromatic heterocycles. The molecule has 2 rings (SSSR count). The van der Waals surface area contributed by atoms with Crippen molar-refractivity contribution in [2.45, 2.75) is 20.0 Å². The zero-order chi connectivity index (χ0) is 13.1. The van der Waals surface area contributed by atoms with Crippen molar-refractivity contribution < 1.29 is 4.74 Å². The molecule has 2 aromatic rings. The molecule has 0 unspecified atom stereocenters. The van der Waals surface area contributed by atoms with Crippen LogP contribution in [-0.4, -0.2) is 15.9 Å². The van der Waals surface area contributed by atoms with Crippen LogP contribution < -0.4 is 9.92 Å². The van der Waals surface area contributed by atoms with Gasteiger partial charge in [0.05, 0.1) is 15.9 Å². The quantitative estimate of drug-likeness (QED) is 0.765. The Bertz CT molecular complexity index is 532. The summed E-state index contributed by atoms with van der Waals surface area (Å²) in [7, 11) is 0.885. The highest BCUT2D eigenvalue weighted by atomic mass is 28.3. The molecular formula is C16H20OSi. The average molecular weight is 256 g/mol. The summed E-state index contributed by atoms with van der Waals surface area (Å²) in [5, 5.41) is 1.41. The van der Waals surface area contributed by atoms with Crippen molar-refractivity contribution in [1.29, 1.82) is 0 Å². The number of methoxy groups -OCH3 is 1. The summed E-state index contributed by atoms with van der Waals surface area (Å²) in [5.74, 6) is 1.06. The van der Waals surface area contributed by atoms with Crippen molar-refractivity contribution in [1.82, 2.24) is 0 Å². The van der Waals surface area contributed by atoms with E-state index in [0.29, 0.717) is 0 Å². The summed E-state index contributed by atoms with van der Waals surface area (Å²) in [6.45, 7) is 6.84. The molecule has 18 heavy (non-hydrogen) atoms. The molecule has 0 saturated heterocycles. The normalized spacial score (nSPS) is 10.7. The largest absolute Gasteiger partial charge is 0.496 e. The molecule has 0 radical (unpaired) electrons. The van der Waals surface area contributed by atoms with Crippen LogP contribution in [-0.2, 0) is 0 Å². The fourth-order valence-corrected chi connectivity index (χ4v) is 3.68. The number of aryl methyl sites for hydroxylation is 1. The van der Waals surface area contributed by atoms with Gasteiger partial charge in [0.15, 0.2) is 0 Å². The summed E-state index contributed by atoms with van der Waals surface area (Å²) in [6.07, 6.45) is 0. The van der Waals surface area contributed by atoms with Gasteiger partial charge in [-0.15, -0.1) is 0 Å². The maximum Gasteiger partial charge on any atom is 0.125 e. The highest BCUT2D eigenvalue weighted by molar-refractivity contribution is 6.71. The fourth-order valence-electron chi connectivity index (χ4n) is 2.29. The fraction of sp³-hybridized carbons (Fsp3) is 0.250. The molecule has 1 nitrogen and oxygen atoms in total. The minimum absolute atomic E-state index is 0.890. The highest BCUT2D eigenvalue weighted by Crippen LogP contribution is 2.29. The Morgan fingerprint density at radius 2 is 1.67 bits per heavy atom. The topological polar surface area (TPSA) is 9.23 Å². The lowest BCUT2D eigenvalue weighted by Crippen LogP contribution is -2.25. The maximum absolute atomic E-state index is 5.68. The molecule has 2 aromatic carbocycles. The van der Waals surface area contributed by atoms with Crippen LogP contribution in [0.1, 0.15) is 5.56 Å². The minimum atomic E-state index is -0.890. The molecular weight excluding hydrogens is 236 g/mol. The zero-order valence-corrected chi connectivity index (χ0v) is 12.7. The van der Waals surface area contributed by atoms with E-state index in [2.05, 4.69) is 56.4 Å². The van der Waals surface area contributed by atoms with Gasteiger partial charge in [0, 0.05) is 5.56 Å². The van der Waals surface area contributed by atoms with Crippen LogP contribution in [0.25, 0.3) is 11.1 Å². The third-order valence-electron chi connectivity index (χ3n) is 3.17. The summed E-state index contributed by atoms with van der Waals surface area (Å²) < 4.78 is 5.68. The molecule has 0 atom stereocenters. The van der Waals surface area contributed by atoms with Gasteiger partial charge in [-0.3, -0.25) is 0 Å².